The zero-order valence-electron chi connectivity index (χ0n) is 9.56. The minimum atomic E-state index is 0.392. The highest BCUT2D eigenvalue weighted by Crippen LogP contribution is 2.17. The van der Waals surface area contributed by atoms with Crippen LogP contribution in [-0.4, -0.2) is 7.05 Å². The summed E-state index contributed by atoms with van der Waals surface area (Å²) in [6.07, 6.45) is 1.03. The smallest absolute Gasteiger partial charge is 0.0358 e. The molecule has 82 valence electrons. The molecule has 0 fully saturated rings. The summed E-state index contributed by atoms with van der Waals surface area (Å²) in [6.45, 7) is 0. The normalized spacial score (nSPS) is 12.3. The highest BCUT2D eigenvalue weighted by Gasteiger charge is 2.08. The number of hydrogen-bond donors (Lipinski definition) is 1. The van der Waals surface area contributed by atoms with Gasteiger partial charge in [-0.25, -0.2) is 0 Å². The predicted molar refractivity (Wildman–Crippen MR) is 68.4 cm³/mol. The number of likely N-dealkylation sites (N-methyl/N-ethyl adjacent to an activating group) is 1. The third-order valence-corrected chi connectivity index (χ3v) is 2.83. The Morgan fingerprint density at radius 3 is 2.00 bits per heavy atom. The van der Waals surface area contributed by atoms with E-state index < -0.39 is 0 Å². The Labute approximate surface area is 97.1 Å². The Balaban J connectivity index is 2.13. The first-order valence-corrected chi connectivity index (χ1v) is 5.66. The van der Waals surface area contributed by atoms with Crippen LogP contribution in [0.3, 0.4) is 0 Å². The Morgan fingerprint density at radius 1 is 0.875 bits per heavy atom. The maximum absolute atomic E-state index is 3.37. The van der Waals surface area contributed by atoms with Crippen LogP contribution in [-0.2, 0) is 6.42 Å². The van der Waals surface area contributed by atoms with E-state index in [0.717, 1.165) is 6.42 Å². The van der Waals surface area contributed by atoms with Crippen LogP contribution in [0.1, 0.15) is 17.2 Å². The first-order chi connectivity index (χ1) is 7.90. The van der Waals surface area contributed by atoms with E-state index in [1.807, 2.05) is 7.05 Å². The standard InChI is InChI=1S/C15H17N/c1-16-15(14-10-6-3-7-11-14)12-13-8-4-2-5-9-13/h2-11,15-16H,12H2,1H3/t15-/m1/s1. The Bertz CT molecular complexity index is 408. The van der Waals surface area contributed by atoms with Gasteiger partial charge in [0.15, 0.2) is 0 Å². The van der Waals surface area contributed by atoms with Crippen LogP contribution in [0.5, 0.6) is 0 Å². The minimum Gasteiger partial charge on any atom is -0.313 e. The van der Waals surface area contributed by atoms with Gasteiger partial charge in [-0.15, -0.1) is 0 Å². The lowest BCUT2D eigenvalue weighted by molar-refractivity contribution is 0.592. The lowest BCUT2D eigenvalue weighted by Gasteiger charge is -2.16. The van der Waals surface area contributed by atoms with E-state index in [1.165, 1.54) is 11.1 Å². The van der Waals surface area contributed by atoms with Crippen molar-refractivity contribution in [2.45, 2.75) is 12.5 Å². The van der Waals surface area contributed by atoms with E-state index in [2.05, 4.69) is 66.0 Å². The molecule has 0 heterocycles. The SMILES string of the molecule is CN[C@H](Cc1ccccc1)c1ccccc1. The van der Waals surface area contributed by atoms with E-state index in [1.54, 1.807) is 0 Å². The van der Waals surface area contributed by atoms with Crippen molar-refractivity contribution < 1.29 is 0 Å². The van der Waals surface area contributed by atoms with Gasteiger partial charge in [-0.2, -0.15) is 0 Å². The molecule has 2 aromatic rings. The first kappa shape index (κ1) is 10.9. The molecule has 1 heteroatoms. The predicted octanol–water partition coefficient (Wildman–Crippen LogP) is 3.19. The van der Waals surface area contributed by atoms with Gasteiger partial charge in [0.25, 0.3) is 0 Å². The van der Waals surface area contributed by atoms with Crippen molar-refractivity contribution in [2.24, 2.45) is 0 Å². The van der Waals surface area contributed by atoms with Gasteiger partial charge >= 0.3 is 0 Å². The summed E-state index contributed by atoms with van der Waals surface area (Å²) in [6, 6.07) is 21.5. The molecule has 1 N–H and O–H groups in total. The zero-order chi connectivity index (χ0) is 11.2. The molecular weight excluding hydrogens is 194 g/mol. The number of hydrogen-bond acceptors (Lipinski definition) is 1. The van der Waals surface area contributed by atoms with Crippen LogP contribution in [0.25, 0.3) is 0 Å². The van der Waals surface area contributed by atoms with Crippen LogP contribution in [0.2, 0.25) is 0 Å². The molecule has 0 spiro atoms. The molecular formula is C15H17N. The van der Waals surface area contributed by atoms with Gasteiger partial charge in [-0.1, -0.05) is 60.7 Å². The fourth-order valence-corrected chi connectivity index (χ4v) is 1.92. The van der Waals surface area contributed by atoms with Crippen molar-refractivity contribution in [3.8, 4) is 0 Å². The molecule has 0 amide bonds. The van der Waals surface area contributed by atoms with Crippen molar-refractivity contribution in [3.05, 3.63) is 71.8 Å². The number of rotatable bonds is 4. The molecule has 0 bridgehead atoms. The molecule has 0 unspecified atom stereocenters. The maximum atomic E-state index is 3.37. The monoisotopic (exact) mass is 211 g/mol. The van der Waals surface area contributed by atoms with E-state index in [9.17, 15) is 0 Å². The molecule has 0 aliphatic rings. The maximum Gasteiger partial charge on any atom is 0.0358 e. The summed E-state index contributed by atoms with van der Waals surface area (Å²) in [4.78, 5) is 0. The second-order valence-corrected chi connectivity index (χ2v) is 3.94. The average Bonchev–Trinajstić information content (AvgIpc) is 2.38. The van der Waals surface area contributed by atoms with Gasteiger partial charge < -0.3 is 5.32 Å². The average molecular weight is 211 g/mol. The third-order valence-electron chi connectivity index (χ3n) is 2.83. The minimum absolute atomic E-state index is 0.392. The van der Waals surface area contributed by atoms with Crippen molar-refractivity contribution >= 4 is 0 Å². The molecule has 1 nitrogen and oxygen atoms in total. The van der Waals surface area contributed by atoms with Crippen molar-refractivity contribution in [1.29, 1.82) is 0 Å². The Hall–Kier alpha value is -1.60. The van der Waals surface area contributed by atoms with Crippen LogP contribution in [0, 0.1) is 0 Å². The molecule has 2 aromatic carbocycles. The van der Waals surface area contributed by atoms with Gasteiger partial charge in [0, 0.05) is 6.04 Å². The van der Waals surface area contributed by atoms with Crippen LogP contribution < -0.4 is 5.32 Å². The van der Waals surface area contributed by atoms with E-state index in [-0.39, 0.29) is 0 Å². The summed E-state index contributed by atoms with van der Waals surface area (Å²) < 4.78 is 0. The fourth-order valence-electron chi connectivity index (χ4n) is 1.92. The summed E-state index contributed by atoms with van der Waals surface area (Å²) in [7, 11) is 2.01. The molecule has 16 heavy (non-hydrogen) atoms. The van der Waals surface area contributed by atoms with Gasteiger partial charge in [0.1, 0.15) is 0 Å². The summed E-state index contributed by atoms with van der Waals surface area (Å²) in [5, 5.41) is 3.37. The number of nitrogens with one attached hydrogen (secondary N) is 1. The molecule has 0 radical (unpaired) electrons. The second kappa shape index (κ2) is 5.47. The number of benzene rings is 2. The van der Waals surface area contributed by atoms with Crippen LogP contribution in [0.4, 0.5) is 0 Å². The summed E-state index contributed by atoms with van der Waals surface area (Å²) >= 11 is 0. The highest BCUT2D eigenvalue weighted by atomic mass is 14.9. The fraction of sp³-hybridized carbons (Fsp3) is 0.200. The van der Waals surface area contributed by atoms with E-state index in [0.29, 0.717) is 6.04 Å². The molecule has 0 saturated carbocycles. The van der Waals surface area contributed by atoms with Gasteiger partial charge in [0.05, 0.1) is 0 Å². The first-order valence-electron chi connectivity index (χ1n) is 5.66. The van der Waals surface area contributed by atoms with Gasteiger partial charge in [-0.05, 0) is 24.6 Å². The highest BCUT2D eigenvalue weighted by molar-refractivity contribution is 5.23. The largest absolute Gasteiger partial charge is 0.313 e. The van der Waals surface area contributed by atoms with Crippen molar-refractivity contribution in [2.75, 3.05) is 7.05 Å². The quantitative estimate of drug-likeness (QED) is 0.819. The Morgan fingerprint density at radius 2 is 1.44 bits per heavy atom. The van der Waals surface area contributed by atoms with Crippen LogP contribution >= 0.6 is 0 Å². The van der Waals surface area contributed by atoms with Crippen molar-refractivity contribution in [1.82, 2.24) is 5.32 Å². The van der Waals surface area contributed by atoms with E-state index in [4.69, 9.17) is 0 Å². The Kier molecular flexibility index (Phi) is 3.73. The van der Waals surface area contributed by atoms with Gasteiger partial charge in [0.2, 0.25) is 0 Å². The molecule has 0 aliphatic heterocycles. The lowest BCUT2D eigenvalue weighted by atomic mass is 9.99. The zero-order valence-corrected chi connectivity index (χ0v) is 9.56. The van der Waals surface area contributed by atoms with Crippen LogP contribution in [0.15, 0.2) is 60.7 Å². The molecule has 0 aliphatic carbocycles. The topological polar surface area (TPSA) is 12.0 Å². The van der Waals surface area contributed by atoms with Gasteiger partial charge in [-0.3, -0.25) is 0 Å². The summed E-state index contributed by atoms with van der Waals surface area (Å²) in [5.41, 5.74) is 2.71. The molecule has 1 atom stereocenters. The molecule has 0 saturated heterocycles. The molecule has 0 aromatic heterocycles. The second-order valence-electron chi connectivity index (χ2n) is 3.94. The van der Waals surface area contributed by atoms with Crippen molar-refractivity contribution in [3.63, 3.8) is 0 Å². The third kappa shape index (κ3) is 2.71. The summed E-state index contributed by atoms with van der Waals surface area (Å²) in [5.74, 6) is 0. The molecule has 2 rings (SSSR count). The lowest BCUT2D eigenvalue weighted by Crippen LogP contribution is -2.18. The van der Waals surface area contributed by atoms with E-state index >= 15 is 0 Å².